The average molecular weight is 605 g/mol. The van der Waals surface area contributed by atoms with Gasteiger partial charge in [-0.25, -0.2) is 5.53 Å². The molecule has 2 amide bonds. The number of nitrogens with zero attached hydrogens (tertiary/aromatic N) is 4. The molecule has 1 fully saturated rings. The number of carbonyl (C=O) groups excluding carboxylic acids is 2. The molecule has 0 aromatic heterocycles. The molecule has 0 radical (unpaired) electrons. The quantitative estimate of drug-likeness (QED) is 0.131. The van der Waals surface area contributed by atoms with Gasteiger partial charge in [-0.3, -0.25) is 19.6 Å². The monoisotopic (exact) mass is 604 g/mol. The van der Waals surface area contributed by atoms with Gasteiger partial charge in [0.15, 0.2) is 5.84 Å². The number of aliphatic hydroxyl groups excluding tert-OH is 1. The summed E-state index contributed by atoms with van der Waals surface area (Å²) >= 11 is 0. The maximum atomic E-state index is 13.4. The second-order valence-electron chi connectivity index (χ2n) is 11.1. The Bertz CT molecular complexity index is 1410. The molecular formula is C32H44N8O4. The molecule has 1 aromatic rings. The molecule has 236 valence electrons. The zero-order valence-corrected chi connectivity index (χ0v) is 26.0. The van der Waals surface area contributed by atoms with Crippen molar-refractivity contribution in [3.05, 3.63) is 76.2 Å². The topological polar surface area (TPSA) is 157 Å². The summed E-state index contributed by atoms with van der Waals surface area (Å²) in [6, 6.07) is 3.80. The number of fused-ring (bicyclic) bond motifs is 1. The number of unbranched alkanes of at least 4 members (excludes halogenated alkanes) is 1. The van der Waals surface area contributed by atoms with Crippen LogP contribution in [0.3, 0.4) is 0 Å². The van der Waals surface area contributed by atoms with Crippen LogP contribution in [0.25, 0.3) is 0 Å². The summed E-state index contributed by atoms with van der Waals surface area (Å²) in [4.78, 5) is 32.7. The van der Waals surface area contributed by atoms with Crippen LogP contribution in [0, 0.1) is 0 Å². The summed E-state index contributed by atoms with van der Waals surface area (Å²) in [7, 11) is 1.54. The Kier molecular flexibility index (Phi) is 11.3. The Morgan fingerprint density at radius 1 is 1.32 bits per heavy atom. The Morgan fingerprint density at radius 3 is 2.80 bits per heavy atom. The molecule has 12 heteroatoms. The summed E-state index contributed by atoms with van der Waals surface area (Å²) in [6.07, 6.45) is 15.1. The third-order valence-electron chi connectivity index (χ3n) is 7.57. The molecule has 4 rings (SSSR count). The van der Waals surface area contributed by atoms with E-state index in [9.17, 15) is 14.7 Å². The van der Waals surface area contributed by atoms with Crippen LogP contribution >= 0.6 is 0 Å². The van der Waals surface area contributed by atoms with E-state index in [1.165, 1.54) is 6.20 Å². The number of amides is 2. The zero-order chi connectivity index (χ0) is 31.6. The number of rotatable bonds is 13. The number of hydrogen-bond donors (Lipinski definition) is 5. The maximum Gasteiger partial charge on any atom is 0.259 e. The highest BCUT2D eigenvalue weighted by Gasteiger charge is 2.27. The number of nitrogens with two attached hydrogens (primary N) is 1. The van der Waals surface area contributed by atoms with Crippen molar-refractivity contribution in [3.8, 4) is 5.75 Å². The minimum absolute atomic E-state index is 0.0367. The van der Waals surface area contributed by atoms with Gasteiger partial charge in [0.25, 0.3) is 11.8 Å². The number of allylic oxidation sites excluding steroid dienone is 4. The standard InChI is InChI=1S/C32H44N8O4/c1-5-6-9-23(30-36-37-38-40(30)22(3)20-41)10-7-8-21(2)35-31(42)28-15-25-19-39(14-13-24(25)16-29(28)44-4)32(43)26(17-33)18-34-27-11-12-27/h7-10,15-18,22,27,37-38,41H,5-6,11-14,19-20,33H2,1-4H3,(H,35,42)/b10-7-,21-8+,23-9-,26-17+,34-18?. The predicted molar refractivity (Wildman–Crippen MR) is 171 cm³/mol. The molecule has 2 aliphatic heterocycles. The minimum Gasteiger partial charge on any atom is -0.496 e. The van der Waals surface area contributed by atoms with E-state index in [-0.39, 0.29) is 24.5 Å². The lowest BCUT2D eigenvalue weighted by atomic mass is 9.95. The number of carbonyl (C=O) groups is 2. The molecule has 1 unspecified atom stereocenters. The molecule has 2 heterocycles. The first kappa shape index (κ1) is 32.5. The highest BCUT2D eigenvalue weighted by molar-refractivity contribution is 6.12. The molecule has 0 saturated heterocycles. The number of benzene rings is 1. The normalized spacial score (nSPS) is 18.4. The van der Waals surface area contributed by atoms with E-state index < -0.39 is 0 Å². The van der Waals surface area contributed by atoms with E-state index in [0.29, 0.717) is 54.0 Å². The van der Waals surface area contributed by atoms with Gasteiger partial charge in [-0.2, -0.15) is 0 Å². The average Bonchev–Trinajstić information content (AvgIpc) is 3.74. The van der Waals surface area contributed by atoms with E-state index >= 15 is 0 Å². The van der Waals surface area contributed by atoms with Crippen LogP contribution in [0.4, 0.5) is 0 Å². The fourth-order valence-corrected chi connectivity index (χ4v) is 4.83. The van der Waals surface area contributed by atoms with E-state index in [0.717, 1.165) is 42.4 Å². The van der Waals surface area contributed by atoms with Gasteiger partial charge >= 0.3 is 0 Å². The zero-order valence-electron chi connectivity index (χ0n) is 26.0. The highest BCUT2D eigenvalue weighted by atomic mass is 16.5. The molecule has 12 nitrogen and oxygen atoms in total. The Hall–Kier alpha value is -4.42. The number of hydrazine groups is 2. The summed E-state index contributed by atoms with van der Waals surface area (Å²) < 4.78 is 5.58. The first-order chi connectivity index (χ1) is 21.3. The lowest BCUT2D eigenvalue weighted by Crippen LogP contribution is -2.48. The van der Waals surface area contributed by atoms with E-state index in [1.54, 1.807) is 29.3 Å². The number of nitrogens with one attached hydrogen (secondary N) is 3. The summed E-state index contributed by atoms with van der Waals surface area (Å²) in [6.45, 7) is 6.65. The number of hydrogen-bond acceptors (Lipinski definition) is 10. The van der Waals surface area contributed by atoms with Crippen LogP contribution in [-0.4, -0.2) is 71.2 Å². The third kappa shape index (κ3) is 8.14. The van der Waals surface area contributed by atoms with Crippen molar-refractivity contribution in [2.24, 2.45) is 15.8 Å². The molecular weight excluding hydrogens is 560 g/mol. The van der Waals surface area contributed by atoms with Gasteiger partial charge in [0.1, 0.15) is 5.75 Å². The lowest BCUT2D eigenvalue weighted by molar-refractivity contribution is -0.127. The molecule has 1 aromatic carbocycles. The second kappa shape index (κ2) is 15.3. The van der Waals surface area contributed by atoms with Crippen LogP contribution in [0.15, 0.2) is 69.6 Å². The van der Waals surface area contributed by atoms with Crippen LogP contribution in [0.1, 0.15) is 67.9 Å². The van der Waals surface area contributed by atoms with Gasteiger partial charge in [-0.1, -0.05) is 31.6 Å². The SMILES string of the molecule is CCC/C=C(/C=C\C=C(/C)NC(=O)c1cc2c(cc1OC)CCN(C(=O)/C(C=NC1CC1)=C/N)C2)C1=NNNN1C(C)CO. The van der Waals surface area contributed by atoms with E-state index in [1.807, 2.05) is 38.1 Å². The van der Waals surface area contributed by atoms with Crippen LogP contribution in [0.2, 0.25) is 0 Å². The second-order valence-corrected chi connectivity index (χ2v) is 11.1. The number of ether oxygens (including phenoxy) is 1. The van der Waals surface area contributed by atoms with Gasteiger partial charge in [-0.05, 0) is 68.9 Å². The largest absolute Gasteiger partial charge is 0.496 e. The van der Waals surface area contributed by atoms with Crippen molar-refractivity contribution in [2.75, 3.05) is 20.3 Å². The van der Waals surface area contributed by atoms with Gasteiger partial charge < -0.3 is 25.8 Å². The molecule has 3 aliphatic rings. The number of aliphatic hydroxyl groups is 1. The van der Waals surface area contributed by atoms with Crippen LogP contribution in [0.5, 0.6) is 5.75 Å². The Morgan fingerprint density at radius 2 is 2.11 bits per heavy atom. The lowest BCUT2D eigenvalue weighted by Gasteiger charge is -2.30. The fraction of sp³-hybridized carbons (Fsp3) is 0.438. The first-order valence-corrected chi connectivity index (χ1v) is 15.1. The van der Waals surface area contributed by atoms with Crippen molar-refractivity contribution in [3.63, 3.8) is 0 Å². The number of aliphatic imine (C=N–C) groups is 1. The number of amidine groups is 1. The van der Waals surface area contributed by atoms with Crippen LogP contribution in [-0.2, 0) is 17.8 Å². The molecule has 0 bridgehead atoms. The highest BCUT2D eigenvalue weighted by Crippen LogP contribution is 2.29. The minimum atomic E-state index is -0.312. The van der Waals surface area contributed by atoms with Crippen LogP contribution < -0.4 is 26.9 Å². The van der Waals surface area contributed by atoms with E-state index in [2.05, 4.69) is 39.5 Å². The number of methoxy groups -OCH3 is 1. The third-order valence-corrected chi connectivity index (χ3v) is 7.57. The van der Waals surface area contributed by atoms with Crippen molar-refractivity contribution in [2.45, 2.75) is 71.5 Å². The smallest absolute Gasteiger partial charge is 0.259 e. The van der Waals surface area contributed by atoms with Crippen molar-refractivity contribution < 1.29 is 19.4 Å². The summed E-state index contributed by atoms with van der Waals surface area (Å²) in [5, 5.41) is 18.7. The predicted octanol–water partition coefficient (Wildman–Crippen LogP) is 2.59. The number of hydrazone groups is 1. The Labute approximate surface area is 259 Å². The van der Waals surface area contributed by atoms with E-state index in [4.69, 9.17) is 10.5 Å². The molecule has 6 N–H and O–H groups in total. The molecule has 44 heavy (non-hydrogen) atoms. The first-order valence-electron chi connectivity index (χ1n) is 15.1. The van der Waals surface area contributed by atoms with Crippen molar-refractivity contribution in [1.29, 1.82) is 0 Å². The molecule has 0 spiro atoms. The maximum absolute atomic E-state index is 13.4. The fourth-order valence-electron chi connectivity index (χ4n) is 4.83. The van der Waals surface area contributed by atoms with Gasteiger partial charge in [0, 0.05) is 36.8 Å². The van der Waals surface area contributed by atoms with Gasteiger partial charge in [0.05, 0.1) is 36.9 Å². The Balaban J connectivity index is 1.46. The van der Waals surface area contributed by atoms with Gasteiger partial charge in [-0.15, -0.1) is 10.6 Å². The molecule has 1 aliphatic carbocycles. The van der Waals surface area contributed by atoms with Crippen molar-refractivity contribution >= 4 is 23.9 Å². The van der Waals surface area contributed by atoms with Crippen molar-refractivity contribution in [1.82, 2.24) is 26.3 Å². The van der Waals surface area contributed by atoms with Gasteiger partial charge in [0.2, 0.25) is 0 Å². The molecule has 1 atom stereocenters. The molecule has 1 saturated carbocycles. The summed E-state index contributed by atoms with van der Waals surface area (Å²) in [5.41, 5.74) is 15.7. The summed E-state index contributed by atoms with van der Waals surface area (Å²) in [5.74, 6) is 0.659.